The molecule has 3 rings (SSSR count). The molecule has 1 amide bonds. The SMILES string of the molecule is CC(C)(C)c1ccc(C(=O)N2CCS/C2=C/c2cccs2)cc1. The van der Waals surface area contributed by atoms with Crippen LogP contribution in [-0.4, -0.2) is 23.1 Å². The fourth-order valence-corrected chi connectivity index (χ4v) is 4.26. The van der Waals surface area contributed by atoms with Gasteiger partial charge in [-0.1, -0.05) is 39.0 Å². The van der Waals surface area contributed by atoms with Crippen LogP contribution >= 0.6 is 23.1 Å². The van der Waals surface area contributed by atoms with Gasteiger partial charge in [-0.15, -0.1) is 23.1 Å². The van der Waals surface area contributed by atoms with Gasteiger partial charge in [-0.3, -0.25) is 4.79 Å². The lowest BCUT2D eigenvalue weighted by Gasteiger charge is -2.20. The Kier molecular flexibility index (Phi) is 4.64. The Hall–Kier alpha value is -1.52. The van der Waals surface area contributed by atoms with Crippen molar-refractivity contribution < 1.29 is 4.79 Å². The van der Waals surface area contributed by atoms with E-state index in [2.05, 4.69) is 50.4 Å². The van der Waals surface area contributed by atoms with Crippen LogP contribution in [0.15, 0.2) is 46.8 Å². The minimum Gasteiger partial charge on any atom is -0.302 e. The monoisotopic (exact) mass is 343 g/mol. The minimum atomic E-state index is 0.0956. The van der Waals surface area contributed by atoms with E-state index in [-0.39, 0.29) is 11.3 Å². The van der Waals surface area contributed by atoms with Gasteiger partial charge in [-0.2, -0.15) is 0 Å². The number of hydrogen-bond acceptors (Lipinski definition) is 3. The maximum Gasteiger partial charge on any atom is 0.258 e. The summed E-state index contributed by atoms with van der Waals surface area (Å²) < 4.78 is 0. The summed E-state index contributed by atoms with van der Waals surface area (Å²) in [6, 6.07) is 12.2. The first kappa shape index (κ1) is 16.3. The first-order valence-electron chi connectivity index (χ1n) is 7.75. The van der Waals surface area contributed by atoms with Gasteiger partial charge >= 0.3 is 0 Å². The van der Waals surface area contributed by atoms with Gasteiger partial charge < -0.3 is 4.90 Å². The van der Waals surface area contributed by atoms with E-state index in [4.69, 9.17) is 0 Å². The van der Waals surface area contributed by atoms with Crippen molar-refractivity contribution in [3.63, 3.8) is 0 Å². The molecule has 0 radical (unpaired) electrons. The van der Waals surface area contributed by atoms with Crippen molar-refractivity contribution in [1.82, 2.24) is 4.90 Å². The topological polar surface area (TPSA) is 20.3 Å². The molecular weight excluding hydrogens is 322 g/mol. The average Bonchev–Trinajstić information content (AvgIpc) is 3.18. The van der Waals surface area contributed by atoms with Crippen molar-refractivity contribution in [2.75, 3.05) is 12.3 Å². The third kappa shape index (κ3) is 3.70. The summed E-state index contributed by atoms with van der Waals surface area (Å²) in [7, 11) is 0. The molecular formula is C19H21NOS2. The van der Waals surface area contributed by atoms with Crippen molar-refractivity contribution in [2.24, 2.45) is 0 Å². The normalized spacial score (nSPS) is 17.0. The van der Waals surface area contributed by atoms with E-state index >= 15 is 0 Å². The lowest BCUT2D eigenvalue weighted by Crippen LogP contribution is -2.26. The van der Waals surface area contributed by atoms with Crippen LogP contribution in [0, 0.1) is 0 Å². The van der Waals surface area contributed by atoms with Crippen LogP contribution in [0.1, 0.15) is 41.6 Å². The van der Waals surface area contributed by atoms with E-state index in [0.29, 0.717) is 0 Å². The minimum absolute atomic E-state index is 0.0956. The third-order valence-electron chi connectivity index (χ3n) is 3.88. The summed E-state index contributed by atoms with van der Waals surface area (Å²) in [5.74, 6) is 1.06. The number of amides is 1. The molecule has 2 nitrogen and oxygen atoms in total. The largest absolute Gasteiger partial charge is 0.302 e. The van der Waals surface area contributed by atoms with Crippen molar-refractivity contribution in [1.29, 1.82) is 0 Å². The molecule has 1 aliphatic rings. The van der Waals surface area contributed by atoms with Gasteiger partial charge in [0.05, 0.1) is 5.03 Å². The Morgan fingerprint density at radius 3 is 2.52 bits per heavy atom. The quantitative estimate of drug-likeness (QED) is 0.744. The number of carbonyl (C=O) groups excluding carboxylic acids is 1. The number of thioether (sulfide) groups is 1. The van der Waals surface area contributed by atoms with Gasteiger partial charge in [-0.25, -0.2) is 0 Å². The van der Waals surface area contributed by atoms with E-state index < -0.39 is 0 Å². The smallest absolute Gasteiger partial charge is 0.258 e. The molecule has 0 atom stereocenters. The van der Waals surface area contributed by atoms with Crippen molar-refractivity contribution in [3.05, 3.63) is 62.8 Å². The number of thiophene rings is 1. The third-order valence-corrected chi connectivity index (χ3v) is 5.72. The molecule has 4 heteroatoms. The highest BCUT2D eigenvalue weighted by molar-refractivity contribution is 8.03. The lowest BCUT2D eigenvalue weighted by atomic mass is 9.86. The van der Waals surface area contributed by atoms with Gasteiger partial charge in [0.2, 0.25) is 0 Å². The zero-order valence-corrected chi connectivity index (χ0v) is 15.3. The van der Waals surface area contributed by atoms with E-state index in [1.165, 1.54) is 10.4 Å². The number of nitrogens with zero attached hydrogens (tertiary/aromatic N) is 1. The fraction of sp³-hybridized carbons (Fsp3) is 0.316. The standard InChI is InChI=1S/C19H21NOS2/c1-19(2,3)15-8-6-14(7-9-15)18(21)20-10-12-23-17(20)13-16-5-4-11-22-16/h4-9,11,13H,10,12H2,1-3H3/b17-13+. The maximum absolute atomic E-state index is 12.8. The lowest BCUT2D eigenvalue weighted by molar-refractivity contribution is 0.0831. The average molecular weight is 344 g/mol. The second-order valence-corrected chi connectivity index (χ2v) is 8.73. The second kappa shape index (κ2) is 6.54. The molecule has 2 heterocycles. The highest BCUT2D eigenvalue weighted by Crippen LogP contribution is 2.32. The van der Waals surface area contributed by atoms with E-state index in [1.807, 2.05) is 23.1 Å². The zero-order chi connectivity index (χ0) is 16.4. The molecule has 0 N–H and O–H groups in total. The van der Waals surface area contributed by atoms with Crippen LogP contribution < -0.4 is 0 Å². The second-order valence-electron chi connectivity index (χ2n) is 6.63. The van der Waals surface area contributed by atoms with Crippen molar-refractivity contribution in [2.45, 2.75) is 26.2 Å². The zero-order valence-electron chi connectivity index (χ0n) is 13.7. The molecule has 120 valence electrons. The molecule has 1 aromatic carbocycles. The maximum atomic E-state index is 12.8. The van der Waals surface area contributed by atoms with E-state index in [0.717, 1.165) is 22.9 Å². The van der Waals surface area contributed by atoms with E-state index in [9.17, 15) is 4.79 Å². The van der Waals surface area contributed by atoms with Gasteiger partial charge in [-0.05, 0) is 40.6 Å². The predicted molar refractivity (Wildman–Crippen MR) is 101 cm³/mol. The van der Waals surface area contributed by atoms with Crippen LogP contribution in [0.25, 0.3) is 6.08 Å². The molecule has 0 bridgehead atoms. The molecule has 0 spiro atoms. The highest BCUT2D eigenvalue weighted by atomic mass is 32.2. The summed E-state index contributed by atoms with van der Waals surface area (Å²) >= 11 is 3.45. The van der Waals surface area contributed by atoms with Crippen molar-refractivity contribution >= 4 is 35.1 Å². The molecule has 1 saturated heterocycles. The Labute approximate surface area is 146 Å². The fourth-order valence-electron chi connectivity index (χ4n) is 2.51. The van der Waals surface area contributed by atoms with Gasteiger partial charge in [0.25, 0.3) is 5.91 Å². The highest BCUT2D eigenvalue weighted by Gasteiger charge is 2.25. The molecule has 0 unspecified atom stereocenters. The molecule has 1 aromatic heterocycles. The Balaban J connectivity index is 1.82. The first-order valence-corrected chi connectivity index (χ1v) is 9.62. The molecule has 1 aliphatic heterocycles. The van der Waals surface area contributed by atoms with Gasteiger partial charge in [0.1, 0.15) is 0 Å². The van der Waals surface area contributed by atoms with Crippen LogP contribution in [0.4, 0.5) is 0 Å². The van der Waals surface area contributed by atoms with Crippen LogP contribution in [-0.2, 0) is 5.41 Å². The molecule has 0 aliphatic carbocycles. The van der Waals surface area contributed by atoms with Crippen LogP contribution in [0.3, 0.4) is 0 Å². The molecule has 23 heavy (non-hydrogen) atoms. The van der Waals surface area contributed by atoms with Crippen LogP contribution in [0.5, 0.6) is 0 Å². The number of carbonyl (C=O) groups is 1. The van der Waals surface area contributed by atoms with Crippen LogP contribution in [0.2, 0.25) is 0 Å². The first-order chi connectivity index (χ1) is 10.9. The summed E-state index contributed by atoms with van der Waals surface area (Å²) in [6.45, 7) is 7.33. The predicted octanol–water partition coefficient (Wildman–Crippen LogP) is 5.23. The Morgan fingerprint density at radius 1 is 1.17 bits per heavy atom. The van der Waals surface area contributed by atoms with E-state index in [1.54, 1.807) is 23.1 Å². The summed E-state index contributed by atoms with van der Waals surface area (Å²) in [5, 5.41) is 3.11. The number of rotatable bonds is 2. The number of hydrogen-bond donors (Lipinski definition) is 0. The van der Waals surface area contributed by atoms with Crippen molar-refractivity contribution in [3.8, 4) is 0 Å². The summed E-state index contributed by atoms with van der Waals surface area (Å²) in [6.07, 6.45) is 2.11. The van der Waals surface area contributed by atoms with Gasteiger partial charge in [0.15, 0.2) is 0 Å². The summed E-state index contributed by atoms with van der Waals surface area (Å²) in [4.78, 5) is 15.9. The Bertz CT molecular complexity index is 709. The summed E-state index contributed by atoms with van der Waals surface area (Å²) in [5.41, 5.74) is 2.12. The van der Waals surface area contributed by atoms with Gasteiger partial charge in [0, 0.05) is 22.7 Å². The molecule has 0 saturated carbocycles. The molecule has 1 fully saturated rings. The Morgan fingerprint density at radius 2 is 1.91 bits per heavy atom. The number of benzene rings is 1. The molecule has 2 aromatic rings.